The maximum Gasteiger partial charge on any atom is 0.236 e. The third kappa shape index (κ3) is 3.84. The molecule has 106 valence electrons. The molecular formula is C13H20N2O3S. The van der Waals surface area contributed by atoms with Crippen LogP contribution >= 0.6 is 0 Å². The quantitative estimate of drug-likeness (QED) is 0.797. The van der Waals surface area contributed by atoms with Gasteiger partial charge in [0.05, 0.1) is 18.0 Å². The Balaban J connectivity index is 2.02. The molecule has 1 fully saturated rings. The second-order valence-electron chi connectivity index (χ2n) is 4.84. The Kier molecular flexibility index (Phi) is 4.31. The van der Waals surface area contributed by atoms with Gasteiger partial charge in [0, 0.05) is 12.6 Å². The smallest absolute Gasteiger partial charge is 0.236 e. The number of hydrogen-bond donors (Lipinski definition) is 2. The van der Waals surface area contributed by atoms with E-state index in [4.69, 9.17) is 4.74 Å². The van der Waals surface area contributed by atoms with Crippen LogP contribution in [0.5, 0.6) is 5.75 Å². The molecule has 0 saturated heterocycles. The van der Waals surface area contributed by atoms with Crippen LogP contribution in [0.3, 0.4) is 0 Å². The van der Waals surface area contributed by atoms with Crippen LogP contribution in [0.15, 0.2) is 24.3 Å². The average molecular weight is 284 g/mol. The van der Waals surface area contributed by atoms with Gasteiger partial charge in [0.15, 0.2) is 0 Å². The summed E-state index contributed by atoms with van der Waals surface area (Å²) in [5.41, 5.74) is 0.475. The predicted octanol–water partition coefficient (Wildman–Crippen LogP) is 1.58. The fourth-order valence-electron chi connectivity index (χ4n) is 1.71. The molecule has 1 aliphatic rings. The van der Waals surface area contributed by atoms with E-state index in [1.54, 1.807) is 31.2 Å². The highest BCUT2D eigenvalue weighted by atomic mass is 32.2. The zero-order valence-corrected chi connectivity index (χ0v) is 12.0. The minimum atomic E-state index is -3.41. The summed E-state index contributed by atoms with van der Waals surface area (Å²) in [7, 11) is -1.89. The summed E-state index contributed by atoms with van der Waals surface area (Å²) in [5.74, 6) is 0.522. The number of para-hydroxylation sites is 2. The highest BCUT2D eigenvalue weighted by molar-refractivity contribution is 7.93. The van der Waals surface area contributed by atoms with Crippen molar-refractivity contribution in [2.75, 3.05) is 18.4 Å². The number of anilines is 1. The molecule has 0 heterocycles. The van der Waals surface area contributed by atoms with Crippen molar-refractivity contribution in [3.63, 3.8) is 0 Å². The molecule has 1 aliphatic carbocycles. The van der Waals surface area contributed by atoms with Gasteiger partial charge < -0.3 is 10.1 Å². The molecule has 0 spiro atoms. The first-order valence-electron chi connectivity index (χ1n) is 6.41. The molecule has 0 aliphatic heterocycles. The Hall–Kier alpha value is -1.27. The Morgan fingerprint density at radius 1 is 1.37 bits per heavy atom. The fourth-order valence-corrected chi connectivity index (χ4v) is 2.70. The van der Waals surface area contributed by atoms with E-state index in [1.165, 1.54) is 7.11 Å². The van der Waals surface area contributed by atoms with E-state index in [-0.39, 0.29) is 0 Å². The Morgan fingerprint density at radius 2 is 2.05 bits per heavy atom. The first kappa shape index (κ1) is 14.1. The second-order valence-corrected chi connectivity index (χ2v) is 6.94. The summed E-state index contributed by atoms with van der Waals surface area (Å²) in [5, 5.41) is 2.74. The van der Waals surface area contributed by atoms with Gasteiger partial charge in [-0.3, -0.25) is 4.72 Å². The van der Waals surface area contributed by atoms with Gasteiger partial charge in [-0.05, 0) is 31.9 Å². The van der Waals surface area contributed by atoms with Crippen LogP contribution in [0, 0.1) is 0 Å². The molecule has 1 atom stereocenters. The lowest BCUT2D eigenvalue weighted by atomic mass is 10.3. The zero-order chi connectivity index (χ0) is 13.9. The number of sulfonamides is 1. The first-order chi connectivity index (χ1) is 9.03. The third-order valence-corrected chi connectivity index (χ3v) is 4.89. The molecule has 1 aromatic rings. The van der Waals surface area contributed by atoms with Gasteiger partial charge in [0.1, 0.15) is 5.75 Å². The molecular weight excluding hydrogens is 264 g/mol. The lowest BCUT2D eigenvalue weighted by molar-refractivity contribution is 0.417. The molecule has 0 bridgehead atoms. The predicted molar refractivity (Wildman–Crippen MR) is 76.0 cm³/mol. The Morgan fingerprint density at radius 3 is 2.68 bits per heavy atom. The molecule has 0 aromatic heterocycles. The summed E-state index contributed by atoms with van der Waals surface area (Å²) in [6.45, 7) is 2.17. The number of benzene rings is 1. The first-order valence-corrected chi connectivity index (χ1v) is 7.95. The number of methoxy groups -OCH3 is 1. The minimum absolute atomic E-state index is 0.467. The summed E-state index contributed by atoms with van der Waals surface area (Å²) in [6, 6.07) is 7.49. The molecule has 0 radical (unpaired) electrons. The largest absolute Gasteiger partial charge is 0.495 e. The molecule has 1 unspecified atom stereocenters. The number of nitrogens with one attached hydrogen (secondary N) is 2. The van der Waals surface area contributed by atoms with Crippen molar-refractivity contribution < 1.29 is 13.2 Å². The minimum Gasteiger partial charge on any atom is -0.495 e. The fraction of sp³-hybridized carbons (Fsp3) is 0.538. The third-order valence-electron chi connectivity index (χ3n) is 3.16. The van der Waals surface area contributed by atoms with E-state index >= 15 is 0 Å². The summed E-state index contributed by atoms with van der Waals surface area (Å²) in [6.07, 6.45) is 2.29. The lowest BCUT2D eigenvalue weighted by Gasteiger charge is -2.16. The summed E-state index contributed by atoms with van der Waals surface area (Å²) >= 11 is 0. The van der Waals surface area contributed by atoms with Crippen LogP contribution < -0.4 is 14.8 Å². The van der Waals surface area contributed by atoms with E-state index in [0.29, 0.717) is 24.0 Å². The standard InChI is InChI=1S/C13H20N2O3S/c1-10(9-14-11-7-8-11)19(16,17)15-12-5-3-4-6-13(12)18-2/h3-6,10-11,14-15H,7-9H2,1-2H3. The second kappa shape index (κ2) is 5.79. The summed E-state index contributed by atoms with van der Waals surface area (Å²) in [4.78, 5) is 0. The van der Waals surface area contributed by atoms with E-state index in [9.17, 15) is 8.42 Å². The number of hydrogen-bond acceptors (Lipinski definition) is 4. The van der Waals surface area contributed by atoms with E-state index in [2.05, 4.69) is 10.0 Å². The topological polar surface area (TPSA) is 67.4 Å². The molecule has 2 N–H and O–H groups in total. The molecule has 0 amide bonds. The van der Waals surface area contributed by atoms with Crippen LogP contribution in [-0.4, -0.2) is 33.4 Å². The van der Waals surface area contributed by atoms with Crippen LogP contribution in [0.25, 0.3) is 0 Å². The maximum atomic E-state index is 12.2. The van der Waals surface area contributed by atoms with Crippen LogP contribution in [0.4, 0.5) is 5.69 Å². The van der Waals surface area contributed by atoms with Crippen molar-refractivity contribution in [3.8, 4) is 5.75 Å². The van der Waals surface area contributed by atoms with Crippen LogP contribution in [-0.2, 0) is 10.0 Å². The normalized spacial score (nSPS) is 16.9. The van der Waals surface area contributed by atoms with Crippen molar-refractivity contribution in [1.29, 1.82) is 0 Å². The molecule has 5 nitrogen and oxygen atoms in total. The van der Waals surface area contributed by atoms with Crippen molar-refractivity contribution in [1.82, 2.24) is 5.32 Å². The maximum absolute atomic E-state index is 12.2. The highest BCUT2D eigenvalue weighted by Crippen LogP contribution is 2.25. The van der Waals surface area contributed by atoms with Crippen LogP contribution in [0.1, 0.15) is 19.8 Å². The van der Waals surface area contributed by atoms with Crippen molar-refractivity contribution >= 4 is 15.7 Å². The van der Waals surface area contributed by atoms with E-state index < -0.39 is 15.3 Å². The van der Waals surface area contributed by atoms with Gasteiger partial charge in [0.25, 0.3) is 0 Å². The van der Waals surface area contributed by atoms with Crippen molar-refractivity contribution in [2.24, 2.45) is 0 Å². The molecule has 1 aromatic carbocycles. The van der Waals surface area contributed by atoms with Crippen LogP contribution in [0.2, 0.25) is 0 Å². The molecule has 19 heavy (non-hydrogen) atoms. The van der Waals surface area contributed by atoms with Gasteiger partial charge in [-0.1, -0.05) is 12.1 Å². The molecule has 1 saturated carbocycles. The zero-order valence-electron chi connectivity index (χ0n) is 11.2. The van der Waals surface area contributed by atoms with Crippen molar-refractivity contribution in [2.45, 2.75) is 31.1 Å². The van der Waals surface area contributed by atoms with E-state index in [0.717, 1.165) is 12.8 Å². The molecule has 6 heteroatoms. The van der Waals surface area contributed by atoms with Gasteiger partial charge in [-0.25, -0.2) is 8.42 Å². The van der Waals surface area contributed by atoms with Gasteiger partial charge in [0.2, 0.25) is 10.0 Å². The van der Waals surface area contributed by atoms with Gasteiger partial charge >= 0.3 is 0 Å². The number of ether oxygens (including phenoxy) is 1. The van der Waals surface area contributed by atoms with Gasteiger partial charge in [-0.2, -0.15) is 0 Å². The van der Waals surface area contributed by atoms with Crippen molar-refractivity contribution in [3.05, 3.63) is 24.3 Å². The lowest BCUT2D eigenvalue weighted by Crippen LogP contribution is -2.35. The van der Waals surface area contributed by atoms with E-state index in [1.807, 2.05) is 0 Å². The monoisotopic (exact) mass is 284 g/mol. The Labute approximate surface area is 114 Å². The molecule has 2 rings (SSSR count). The number of rotatable bonds is 7. The summed E-state index contributed by atoms with van der Waals surface area (Å²) < 4.78 is 32.1. The highest BCUT2D eigenvalue weighted by Gasteiger charge is 2.26. The average Bonchev–Trinajstić information content (AvgIpc) is 3.20. The van der Waals surface area contributed by atoms with Gasteiger partial charge in [-0.15, -0.1) is 0 Å². The SMILES string of the molecule is COc1ccccc1NS(=O)(=O)C(C)CNC1CC1. The Bertz CT molecular complexity index is 526.